The molecule has 0 fully saturated rings. The summed E-state index contributed by atoms with van der Waals surface area (Å²) in [5, 5.41) is 0.573. The van der Waals surface area contributed by atoms with Crippen molar-refractivity contribution < 1.29 is 0 Å². The first kappa shape index (κ1) is 16.5. The molecule has 19 heavy (non-hydrogen) atoms. The topological polar surface area (TPSA) is 38.7 Å². The van der Waals surface area contributed by atoms with E-state index in [2.05, 4.69) is 70.0 Å². The third-order valence-corrected chi connectivity index (χ3v) is 12.4. The Hall–Kier alpha value is -0.556. The van der Waals surface area contributed by atoms with Crippen LogP contribution in [0, 0.1) is 0 Å². The average Bonchev–Trinajstić information content (AvgIpc) is 2.11. The summed E-state index contributed by atoms with van der Waals surface area (Å²) in [6, 6.07) is 0. The molecule has 0 N–H and O–H groups in total. The van der Waals surface area contributed by atoms with Crippen LogP contribution in [0.1, 0.15) is 37.6 Å². The second kappa shape index (κ2) is 5.09. The zero-order valence-corrected chi connectivity index (χ0v) is 16.0. The fourth-order valence-electron chi connectivity index (χ4n) is 2.88. The van der Waals surface area contributed by atoms with Crippen molar-refractivity contribution in [2.75, 3.05) is 0 Å². The Morgan fingerprint density at radius 3 is 1.74 bits per heavy atom. The Morgan fingerprint density at radius 2 is 1.37 bits per heavy atom. The predicted octanol–water partition coefficient (Wildman–Crippen LogP) is 4.01. The molecule has 108 valence electrons. The maximum Gasteiger partial charge on any atom is 0.137 e. The summed E-state index contributed by atoms with van der Waals surface area (Å²) in [6.07, 6.45) is 1.70. The van der Waals surface area contributed by atoms with E-state index in [0.29, 0.717) is 5.16 Å². The van der Waals surface area contributed by atoms with Crippen molar-refractivity contribution in [1.29, 1.82) is 0 Å². The molecule has 0 saturated heterocycles. The van der Waals surface area contributed by atoms with Crippen LogP contribution < -0.4 is 0 Å². The first-order valence-electron chi connectivity index (χ1n) is 7.03. The lowest BCUT2D eigenvalue weighted by Crippen LogP contribution is -2.47. The molecule has 1 aromatic rings. The zero-order chi connectivity index (χ0) is 15.1. The first-order valence-corrected chi connectivity index (χ1v) is 14.2. The van der Waals surface area contributed by atoms with Gasteiger partial charge in [0.25, 0.3) is 0 Å². The summed E-state index contributed by atoms with van der Waals surface area (Å²) >= 11 is 0. The van der Waals surface area contributed by atoms with Crippen LogP contribution in [0.3, 0.4) is 0 Å². The van der Waals surface area contributed by atoms with Crippen molar-refractivity contribution in [3.8, 4) is 0 Å². The van der Waals surface area contributed by atoms with Gasteiger partial charge in [0.2, 0.25) is 0 Å². The predicted molar refractivity (Wildman–Crippen MR) is 88.0 cm³/mol. The number of hydrogen-bond donors (Lipinski definition) is 0. The smallest absolute Gasteiger partial charge is 0.137 e. The third-order valence-electron chi connectivity index (χ3n) is 3.25. The average molecular weight is 296 g/mol. The molecule has 1 aromatic heterocycles. The number of aromatic nitrogens is 3. The van der Waals surface area contributed by atoms with Crippen LogP contribution in [0.5, 0.6) is 0 Å². The highest BCUT2D eigenvalue weighted by atomic mass is 28.4. The van der Waals surface area contributed by atoms with E-state index in [1.54, 1.807) is 6.33 Å². The highest BCUT2D eigenvalue weighted by molar-refractivity contribution is 6.96. The highest BCUT2D eigenvalue weighted by Gasteiger charge is 2.41. The monoisotopic (exact) mass is 295 g/mol. The van der Waals surface area contributed by atoms with Crippen molar-refractivity contribution in [3.05, 3.63) is 18.0 Å². The van der Waals surface area contributed by atoms with Crippen LogP contribution in [0.2, 0.25) is 39.3 Å². The van der Waals surface area contributed by atoms with Crippen molar-refractivity contribution in [2.45, 2.75) is 70.6 Å². The minimum Gasteiger partial charge on any atom is -0.222 e. The van der Waals surface area contributed by atoms with Gasteiger partial charge in [-0.3, -0.25) is 0 Å². The molecule has 0 atom stereocenters. The van der Waals surface area contributed by atoms with Gasteiger partial charge < -0.3 is 0 Å². The molecule has 0 bridgehead atoms. The molecule has 0 saturated carbocycles. The second-order valence-electron chi connectivity index (χ2n) is 8.58. The fraction of sp³-hybridized carbons (Fsp3) is 0.786. The molecule has 5 heteroatoms. The van der Waals surface area contributed by atoms with Gasteiger partial charge in [-0.2, -0.15) is 0 Å². The normalized spacial score (nSPS) is 14.0. The van der Waals surface area contributed by atoms with Gasteiger partial charge in [-0.15, -0.1) is 0 Å². The van der Waals surface area contributed by atoms with Crippen LogP contribution in [0.25, 0.3) is 0 Å². The van der Waals surface area contributed by atoms with Crippen molar-refractivity contribution in [1.82, 2.24) is 15.0 Å². The van der Waals surface area contributed by atoms with Crippen LogP contribution in [-0.4, -0.2) is 31.1 Å². The minimum absolute atomic E-state index is 0.0128. The summed E-state index contributed by atoms with van der Waals surface area (Å²) < 4.78 is 0. The third kappa shape index (κ3) is 4.21. The largest absolute Gasteiger partial charge is 0.222 e. The maximum absolute atomic E-state index is 4.82. The van der Waals surface area contributed by atoms with E-state index in [0.717, 1.165) is 11.6 Å². The van der Waals surface area contributed by atoms with Gasteiger partial charge in [0.15, 0.2) is 0 Å². The van der Waals surface area contributed by atoms with Crippen LogP contribution >= 0.6 is 0 Å². The molecule has 3 nitrogen and oxygen atoms in total. The van der Waals surface area contributed by atoms with Crippen LogP contribution in [0.15, 0.2) is 6.33 Å². The molecule has 0 radical (unpaired) electrons. The Bertz CT molecular complexity index is 425. The van der Waals surface area contributed by atoms with E-state index in [1.807, 2.05) is 0 Å². The molecule has 0 amide bonds. The van der Waals surface area contributed by atoms with Crippen molar-refractivity contribution in [3.63, 3.8) is 0 Å². The zero-order valence-electron chi connectivity index (χ0n) is 14.0. The van der Waals surface area contributed by atoms with E-state index in [4.69, 9.17) is 4.98 Å². The van der Waals surface area contributed by atoms with Gasteiger partial charge in [0.05, 0.1) is 16.1 Å². The number of hydrogen-bond acceptors (Lipinski definition) is 3. The number of rotatable bonds is 3. The Labute approximate surface area is 120 Å². The quantitative estimate of drug-likeness (QED) is 0.791. The molecule has 0 spiro atoms. The lowest BCUT2D eigenvalue weighted by atomic mass is 9.96. The van der Waals surface area contributed by atoms with E-state index in [9.17, 15) is 0 Å². The molecule has 1 heterocycles. The van der Waals surface area contributed by atoms with Gasteiger partial charge >= 0.3 is 0 Å². The first-order chi connectivity index (χ1) is 8.33. The molecule has 0 unspecified atom stereocenters. The highest BCUT2D eigenvalue weighted by Crippen LogP contribution is 2.34. The van der Waals surface area contributed by atoms with Gasteiger partial charge in [-0.05, 0) is 0 Å². The van der Waals surface area contributed by atoms with Gasteiger partial charge in [0, 0.05) is 10.6 Å². The molecular weight excluding hydrogens is 266 g/mol. The molecule has 0 aliphatic heterocycles. The van der Waals surface area contributed by atoms with Gasteiger partial charge in [-0.25, -0.2) is 15.0 Å². The second-order valence-corrected chi connectivity index (χ2v) is 19.8. The lowest BCUT2D eigenvalue weighted by molar-refractivity contribution is 0.536. The van der Waals surface area contributed by atoms with Crippen LogP contribution in [0.4, 0.5) is 0 Å². The van der Waals surface area contributed by atoms with E-state index in [-0.39, 0.29) is 5.41 Å². The summed E-state index contributed by atoms with van der Waals surface area (Å²) in [6.45, 7) is 21.0. The summed E-state index contributed by atoms with van der Waals surface area (Å²) in [4.78, 5) is 13.7. The number of nitrogens with zero attached hydrogens (tertiary/aromatic N) is 3. The van der Waals surface area contributed by atoms with E-state index in [1.165, 1.54) is 0 Å². The SMILES string of the molecule is CC(C)(C)c1ncnc(C([Si](C)(C)C)[Si](C)(C)C)n1. The Balaban J connectivity index is 3.34. The van der Waals surface area contributed by atoms with Gasteiger partial charge in [0.1, 0.15) is 18.0 Å². The molecule has 0 aliphatic carbocycles. The molecular formula is C14H29N3Si2. The molecule has 1 rings (SSSR count). The van der Waals surface area contributed by atoms with E-state index < -0.39 is 16.1 Å². The molecule has 0 aliphatic rings. The lowest BCUT2D eigenvalue weighted by Gasteiger charge is -2.37. The fourth-order valence-corrected chi connectivity index (χ4v) is 15.1. The summed E-state index contributed by atoms with van der Waals surface area (Å²) in [5.74, 6) is 1.96. The minimum atomic E-state index is -1.34. The standard InChI is InChI=1S/C14H29N3Si2/c1-14(2,3)13-16-10-15-11(17-13)12(18(4,5)6)19(7,8)9/h10,12H,1-9H3. The van der Waals surface area contributed by atoms with E-state index >= 15 is 0 Å². The Morgan fingerprint density at radius 1 is 0.895 bits per heavy atom. The van der Waals surface area contributed by atoms with Crippen molar-refractivity contribution in [2.24, 2.45) is 0 Å². The Kier molecular flexibility index (Phi) is 4.42. The van der Waals surface area contributed by atoms with Crippen LogP contribution in [-0.2, 0) is 5.41 Å². The van der Waals surface area contributed by atoms with Gasteiger partial charge in [-0.1, -0.05) is 60.1 Å². The van der Waals surface area contributed by atoms with Crippen molar-refractivity contribution >= 4 is 16.1 Å². The molecule has 0 aromatic carbocycles. The summed E-state index contributed by atoms with van der Waals surface area (Å²) in [7, 11) is -2.67. The summed E-state index contributed by atoms with van der Waals surface area (Å²) in [5.41, 5.74) is -0.0128. The maximum atomic E-state index is 4.82.